The van der Waals surface area contributed by atoms with Crippen LogP contribution in [0.3, 0.4) is 0 Å². The van der Waals surface area contributed by atoms with E-state index in [1.807, 2.05) is 12.1 Å². The minimum Gasteiger partial charge on any atom is -0.340 e. The molecule has 0 unspecified atom stereocenters. The summed E-state index contributed by atoms with van der Waals surface area (Å²) in [6, 6.07) is 10.2. The number of nitrogens with one attached hydrogen (secondary N) is 1. The zero-order valence-electron chi connectivity index (χ0n) is 18.2. The summed E-state index contributed by atoms with van der Waals surface area (Å²) in [5.74, 6) is 0.311. The Morgan fingerprint density at radius 1 is 1.18 bits per heavy atom. The van der Waals surface area contributed by atoms with Gasteiger partial charge in [0.1, 0.15) is 5.82 Å². The van der Waals surface area contributed by atoms with E-state index in [4.69, 9.17) is 0 Å². The smallest absolute Gasteiger partial charge is 0.269 e. The number of rotatable bonds is 6. The topological polar surface area (TPSA) is 125 Å². The molecule has 1 aliphatic heterocycles. The molecule has 0 atom stereocenters. The number of hydrogen-bond donors (Lipinski definition) is 1. The number of piperazine rings is 1. The molecule has 0 spiro atoms. The lowest BCUT2D eigenvalue weighted by molar-refractivity contribution is -0.384. The maximum Gasteiger partial charge on any atom is 0.269 e. The van der Waals surface area contributed by atoms with Gasteiger partial charge in [-0.1, -0.05) is 12.1 Å². The lowest BCUT2D eigenvalue weighted by Gasteiger charge is -2.34. The first-order valence-corrected chi connectivity index (χ1v) is 10.6. The number of aromatic amines is 1. The van der Waals surface area contributed by atoms with Gasteiger partial charge in [-0.15, -0.1) is 0 Å². The van der Waals surface area contributed by atoms with E-state index in [0.717, 1.165) is 5.56 Å². The van der Waals surface area contributed by atoms with Gasteiger partial charge in [-0.05, 0) is 24.6 Å². The summed E-state index contributed by atoms with van der Waals surface area (Å²) < 4.78 is 0. The van der Waals surface area contributed by atoms with Crippen LogP contribution in [0, 0.1) is 17.0 Å². The van der Waals surface area contributed by atoms with E-state index in [2.05, 4.69) is 19.9 Å². The highest BCUT2D eigenvalue weighted by atomic mass is 16.6. The highest BCUT2D eigenvalue weighted by Crippen LogP contribution is 2.17. The van der Waals surface area contributed by atoms with Gasteiger partial charge in [0.15, 0.2) is 0 Å². The molecule has 1 amide bonds. The number of H-pyrrole nitrogens is 1. The second kappa shape index (κ2) is 9.70. The standard InChI is InChI=1S/C23H24N6O4/c1-16-20(23(31)26-22(25-16)18-5-3-7-24-14-18)13-21(30)28-10-8-27(9-11-28)15-17-4-2-6-19(12-17)29(32)33/h2-7,12,14H,8-11,13,15H2,1H3,(H,25,26,31). The molecule has 4 rings (SSSR count). The number of aromatic nitrogens is 3. The maximum absolute atomic E-state index is 12.9. The molecule has 1 fully saturated rings. The van der Waals surface area contributed by atoms with E-state index >= 15 is 0 Å². The number of pyridine rings is 1. The molecule has 3 heterocycles. The lowest BCUT2D eigenvalue weighted by atomic mass is 10.1. The molecule has 10 heteroatoms. The summed E-state index contributed by atoms with van der Waals surface area (Å²) in [7, 11) is 0. The fourth-order valence-corrected chi connectivity index (χ4v) is 3.90. The minimum absolute atomic E-state index is 0.00757. The second-order valence-electron chi connectivity index (χ2n) is 7.98. The third-order valence-electron chi connectivity index (χ3n) is 5.74. The summed E-state index contributed by atoms with van der Waals surface area (Å²) in [4.78, 5) is 51.2. The Hall–Kier alpha value is -3.92. The molecular formula is C23H24N6O4. The fraction of sp³-hybridized carbons (Fsp3) is 0.304. The molecule has 3 aromatic rings. The number of non-ortho nitro benzene ring substituents is 1. The molecule has 170 valence electrons. The molecule has 33 heavy (non-hydrogen) atoms. The van der Waals surface area contributed by atoms with Crippen LogP contribution >= 0.6 is 0 Å². The average molecular weight is 448 g/mol. The van der Waals surface area contributed by atoms with Gasteiger partial charge in [0.2, 0.25) is 5.91 Å². The van der Waals surface area contributed by atoms with Gasteiger partial charge >= 0.3 is 0 Å². The van der Waals surface area contributed by atoms with E-state index in [0.29, 0.717) is 55.4 Å². The number of nitro groups is 1. The summed E-state index contributed by atoms with van der Waals surface area (Å²) in [5, 5.41) is 11.0. The molecule has 10 nitrogen and oxygen atoms in total. The monoisotopic (exact) mass is 448 g/mol. The Kier molecular flexibility index (Phi) is 6.55. The van der Waals surface area contributed by atoms with Gasteiger partial charge < -0.3 is 9.88 Å². The van der Waals surface area contributed by atoms with Crippen molar-refractivity contribution in [3.8, 4) is 11.4 Å². The number of carbonyl (C=O) groups is 1. The number of amides is 1. The molecule has 1 saturated heterocycles. The fourth-order valence-electron chi connectivity index (χ4n) is 3.90. The Bertz CT molecular complexity index is 1220. The van der Waals surface area contributed by atoms with E-state index in [9.17, 15) is 19.7 Å². The molecule has 0 radical (unpaired) electrons. The van der Waals surface area contributed by atoms with Gasteiger partial charge in [-0.25, -0.2) is 4.98 Å². The minimum atomic E-state index is -0.401. The number of nitrogens with zero attached hydrogens (tertiary/aromatic N) is 5. The van der Waals surface area contributed by atoms with Crippen LogP contribution in [0.25, 0.3) is 11.4 Å². The van der Waals surface area contributed by atoms with Crippen LogP contribution in [0.4, 0.5) is 5.69 Å². The SMILES string of the molecule is Cc1nc(-c2cccnc2)[nH]c(=O)c1CC(=O)N1CCN(Cc2cccc([N+](=O)[O-])c2)CC1. The Balaban J connectivity index is 1.36. The molecule has 1 aromatic carbocycles. The highest BCUT2D eigenvalue weighted by Gasteiger charge is 2.23. The predicted molar refractivity (Wildman–Crippen MR) is 121 cm³/mol. The van der Waals surface area contributed by atoms with Gasteiger partial charge in [-0.2, -0.15) is 0 Å². The first-order chi connectivity index (χ1) is 15.9. The largest absolute Gasteiger partial charge is 0.340 e. The Morgan fingerprint density at radius 3 is 2.64 bits per heavy atom. The van der Waals surface area contributed by atoms with Gasteiger partial charge in [0.05, 0.1) is 11.3 Å². The van der Waals surface area contributed by atoms with Gasteiger partial charge in [-0.3, -0.25) is 29.6 Å². The molecular weight excluding hydrogens is 424 g/mol. The maximum atomic E-state index is 12.9. The van der Waals surface area contributed by atoms with E-state index in [1.165, 1.54) is 6.07 Å². The highest BCUT2D eigenvalue weighted by molar-refractivity contribution is 5.79. The number of carbonyl (C=O) groups excluding carboxylic acids is 1. The summed E-state index contributed by atoms with van der Waals surface area (Å²) >= 11 is 0. The summed E-state index contributed by atoms with van der Waals surface area (Å²) in [5.41, 5.74) is 2.22. The van der Waals surface area contributed by atoms with Gasteiger partial charge in [0, 0.05) is 74.1 Å². The van der Waals surface area contributed by atoms with Crippen molar-refractivity contribution in [2.24, 2.45) is 0 Å². The van der Waals surface area contributed by atoms with Gasteiger partial charge in [0.25, 0.3) is 11.2 Å². The van der Waals surface area contributed by atoms with Crippen molar-refractivity contribution in [1.29, 1.82) is 0 Å². The van der Waals surface area contributed by atoms with E-state index in [1.54, 1.807) is 42.4 Å². The van der Waals surface area contributed by atoms with Crippen molar-refractivity contribution in [3.05, 3.63) is 86.1 Å². The molecule has 1 N–H and O–H groups in total. The van der Waals surface area contributed by atoms with Crippen LogP contribution in [0.1, 0.15) is 16.8 Å². The van der Waals surface area contributed by atoms with E-state index < -0.39 is 4.92 Å². The first-order valence-electron chi connectivity index (χ1n) is 10.6. The van der Waals surface area contributed by atoms with Crippen LogP contribution in [-0.2, 0) is 17.8 Å². The third kappa shape index (κ3) is 5.29. The molecule has 0 bridgehead atoms. The van der Waals surface area contributed by atoms with Crippen molar-refractivity contribution in [2.45, 2.75) is 19.9 Å². The third-order valence-corrected chi connectivity index (χ3v) is 5.74. The van der Waals surface area contributed by atoms with Crippen molar-refractivity contribution in [2.75, 3.05) is 26.2 Å². The molecule has 1 aliphatic rings. The quantitative estimate of drug-likeness (QED) is 0.451. The summed E-state index contributed by atoms with van der Waals surface area (Å²) in [6.07, 6.45) is 3.26. The van der Waals surface area contributed by atoms with Crippen LogP contribution < -0.4 is 5.56 Å². The number of benzene rings is 1. The van der Waals surface area contributed by atoms with Crippen molar-refractivity contribution in [3.63, 3.8) is 0 Å². The van der Waals surface area contributed by atoms with Crippen molar-refractivity contribution >= 4 is 11.6 Å². The van der Waals surface area contributed by atoms with Crippen LogP contribution in [0.15, 0.2) is 53.6 Å². The number of aryl methyl sites for hydroxylation is 1. The van der Waals surface area contributed by atoms with Crippen molar-refractivity contribution < 1.29 is 9.72 Å². The molecule has 0 aliphatic carbocycles. The summed E-state index contributed by atoms with van der Waals surface area (Å²) in [6.45, 7) is 4.69. The second-order valence-corrected chi connectivity index (χ2v) is 7.98. The first kappa shape index (κ1) is 22.3. The van der Waals surface area contributed by atoms with Crippen LogP contribution in [0.2, 0.25) is 0 Å². The zero-order valence-corrected chi connectivity index (χ0v) is 18.2. The Morgan fingerprint density at radius 2 is 1.97 bits per heavy atom. The predicted octanol–water partition coefficient (Wildman–Crippen LogP) is 1.94. The number of hydrogen-bond acceptors (Lipinski definition) is 7. The van der Waals surface area contributed by atoms with Crippen LogP contribution in [0.5, 0.6) is 0 Å². The van der Waals surface area contributed by atoms with E-state index in [-0.39, 0.29) is 23.6 Å². The average Bonchev–Trinajstić information content (AvgIpc) is 2.82. The molecule has 0 saturated carbocycles. The van der Waals surface area contributed by atoms with Crippen molar-refractivity contribution in [1.82, 2.24) is 24.8 Å². The van der Waals surface area contributed by atoms with Crippen LogP contribution in [-0.4, -0.2) is 61.8 Å². The number of nitro benzene ring substituents is 1. The lowest BCUT2D eigenvalue weighted by Crippen LogP contribution is -2.49. The zero-order chi connectivity index (χ0) is 23.4. The normalized spacial score (nSPS) is 14.3. The molecule has 2 aromatic heterocycles. The Labute approximate surface area is 190 Å².